The van der Waals surface area contributed by atoms with Crippen molar-refractivity contribution in [1.29, 1.82) is 0 Å². The third-order valence-electron chi connectivity index (χ3n) is 14.7. The zero-order chi connectivity index (χ0) is 64.4. The Kier molecular flexibility index (Phi) is 119. The molecule has 0 aromatic rings. The summed E-state index contributed by atoms with van der Waals surface area (Å²) in [6, 6.07) is 0. The van der Waals surface area contributed by atoms with Crippen LogP contribution in [0.15, 0.2) is 0 Å². The SMILES string of the molecule is [CH2-]CCC(CC[CH2-])(CC[CH2-])COCC(CC)OP(=O)(O)OCOCC(COCC(CC[CH2-])(CC[CH2-])CC[CH2-])OP(=O)(O)OCC(COCC(CC[CH2-])(CC[CH2-])CC[CH2-])OP(=O)(O)OCC(COCC(CC[CH2-])(CC[CH2-])CC[CH2-])OP(=O)(O)OCC.[Y].[Y].[Y].[Y].[Y].[Y].[Y].[Y].[Y].[Y].[Y].[Y]. The van der Waals surface area contributed by atoms with Crippen molar-refractivity contribution in [1.82, 2.24) is 0 Å². The number of phosphoric ester groups is 4. The fraction of sp³-hybridized carbons (Fsp3) is 0.800. The van der Waals surface area contributed by atoms with E-state index in [0.29, 0.717) is 148 Å². The summed E-state index contributed by atoms with van der Waals surface area (Å²) in [6.45, 7) is 47.8. The first-order valence-corrected chi connectivity index (χ1v) is 36.3. The van der Waals surface area contributed by atoms with E-state index >= 15 is 0 Å². The average Bonchev–Trinajstić information content (AvgIpc) is 2.21. The number of rotatable bonds is 62. The summed E-state index contributed by atoms with van der Waals surface area (Å²) in [5.74, 6) is 0. The molecule has 0 aromatic carbocycles. The molecule has 0 aliphatic carbocycles. The normalized spacial score (nSPS) is 15.1. The zero-order valence-corrected chi connectivity index (χ0v) is 96.7. The van der Waals surface area contributed by atoms with Crippen LogP contribution in [0.3, 0.4) is 0 Å². The van der Waals surface area contributed by atoms with Gasteiger partial charge in [0.05, 0.1) is 85.4 Å². The second-order valence-electron chi connectivity index (χ2n) is 22.1. The molecule has 0 saturated heterocycles. The predicted octanol–water partition coefficient (Wildman–Crippen LogP) is 14.8. The van der Waals surface area contributed by atoms with E-state index in [2.05, 4.69) is 83.1 Å². The Bertz CT molecular complexity index is 1820. The van der Waals surface area contributed by atoms with Gasteiger partial charge in [-0.2, -0.15) is 77.0 Å². The molecule has 8 atom stereocenters. The summed E-state index contributed by atoms with van der Waals surface area (Å²) in [6.07, 6.45) is 10.9. The number of hydrogen-bond donors (Lipinski definition) is 4. The Labute approximate surface area is 893 Å². The van der Waals surface area contributed by atoms with Gasteiger partial charge in [-0.3, -0.25) is 36.2 Å². The molecule has 0 aliphatic heterocycles. The molecular formula is C60H114O21P4Y12-12. The van der Waals surface area contributed by atoms with Crippen molar-refractivity contribution in [3.63, 3.8) is 0 Å². The van der Waals surface area contributed by atoms with Gasteiger partial charge in [0.15, 0.2) is 6.79 Å². The first-order valence-electron chi connectivity index (χ1n) is 30.3. The molecule has 0 rings (SSSR count). The molecule has 548 valence electrons. The van der Waals surface area contributed by atoms with Crippen molar-refractivity contribution in [2.45, 2.75) is 199 Å². The first-order chi connectivity index (χ1) is 40.3. The molecule has 0 fully saturated rings. The second kappa shape index (κ2) is 83.2. The molecule has 0 aliphatic rings. The van der Waals surface area contributed by atoms with Crippen LogP contribution < -0.4 is 0 Å². The molecule has 0 amide bonds. The van der Waals surface area contributed by atoms with Gasteiger partial charge in [-0.1, -0.05) is 84.0 Å². The summed E-state index contributed by atoms with van der Waals surface area (Å²) >= 11 is 0. The Hall–Kier alpha value is 13.5. The van der Waals surface area contributed by atoms with Crippen LogP contribution in [0.4, 0.5) is 0 Å². The van der Waals surface area contributed by atoms with E-state index in [1.165, 1.54) is 6.92 Å². The number of ether oxygens (including phenoxy) is 5. The fourth-order valence-electron chi connectivity index (χ4n) is 10.7. The summed E-state index contributed by atoms with van der Waals surface area (Å²) in [5, 5.41) is 0. The van der Waals surface area contributed by atoms with Crippen molar-refractivity contribution in [3.8, 4) is 0 Å². The molecule has 0 heterocycles. The molecule has 0 bridgehead atoms. The van der Waals surface area contributed by atoms with Gasteiger partial charge in [-0.05, 0) is 35.0 Å². The molecule has 21 nitrogen and oxygen atoms in total. The molecule has 0 aromatic heterocycles. The van der Waals surface area contributed by atoms with Crippen LogP contribution in [0.2, 0.25) is 0 Å². The predicted molar refractivity (Wildman–Crippen MR) is 333 cm³/mol. The van der Waals surface area contributed by atoms with Crippen molar-refractivity contribution in [3.05, 3.63) is 83.1 Å². The van der Waals surface area contributed by atoms with E-state index in [1.54, 1.807) is 6.92 Å². The van der Waals surface area contributed by atoms with Crippen molar-refractivity contribution in [2.75, 3.05) is 86.1 Å². The second-order valence-corrected chi connectivity index (χ2v) is 27.7. The summed E-state index contributed by atoms with van der Waals surface area (Å²) in [5.41, 5.74) is -1.33. The van der Waals surface area contributed by atoms with Crippen LogP contribution >= 0.6 is 31.3 Å². The smallest absolute Gasteiger partial charge is 0.378 e. The summed E-state index contributed by atoms with van der Waals surface area (Å²) in [7, 11) is -19.9. The van der Waals surface area contributed by atoms with Gasteiger partial charge in [0, 0.05) is 393 Å². The molecule has 4 N–H and O–H groups in total. The van der Waals surface area contributed by atoms with E-state index in [4.69, 9.17) is 59.9 Å². The molecule has 8 unspecified atom stereocenters. The van der Waals surface area contributed by atoms with Gasteiger partial charge in [0.25, 0.3) is 0 Å². The van der Waals surface area contributed by atoms with Crippen LogP contribution in [0.25, 0.3) is 0 Å². The minimum atomic E-state index is -5.23. The zero-order valence-electron chi connectivity index (χ0n) is 59.1. The third kappa shape index (κ3) is 68.9. The maximum atomic E-state index is 14.0. The minimum absolute atomic E-state index is 0. The van der Waals surface area contributed by atoms with Crippen molar-refractivity contribution >= 4 is 31.3 Å². The first kappa shape index (κ1) is 139. The quantitative estimate of drug-likeness (QED) is 0.0191. The Morgan fingerprint density at radius 1 is 0.278 bits per heavy atom. The maximum absolute atomic E-state index is 14.0. The van der Waals surface area contributed by atoms with E-state index < -0.39 is 94.3 Å². The average molecular weight is 2360 g/mol. The number of phosphoric acid groups is 4. The van der Waals surface area contributed by atoms with Gasteiger partial charge < -0.3 is 126 Å². The molecule has 0 spiro atoms. The van der Waals surface area contributed by atoms with Crippen LogP contribution in [-0.4, -0.2) is 130 Å². The monoisotopic (exact) mass is 2360 g/mol. The van der Waals surface area contributed by atoms with Gasteiger partial charge in [-0.15, -0.1) is 0 Å². The van der Waals surface area contributed by atoms with E-state index in [0.717, 1.165) is 19.3 Å². The molecule has 37 heteroatoms. The Morgan fingerprint density at radius 2 is 0.464 bits per heavy atom. The maximum Gasteiger partial charge on any atom is 0.474 e. The largest absolute Gasteiger partial charge is 0.474 e. The van der Waals surface area contributed by atoms with E-state index in [1.807, 2.05) is 0 Å². The van der Waals surface area contributed by atoms with Crippen LogP contribution in [0.5, 0.6) is 0 Å². The molecule has 12 radical (unpaired) electrons. The third-order valence-corrected chi connectivity index (χ3v) is 18.9. The van der Waals surface area contributed by atoms with Crippen LogP contribution in [0, 0.1) is 105 Å². The summed E-state index contributed by atoms with van der Waals surface area (Å²) in [4.78, 5) is 43.8. The minimum Gasteiger partial charge on any atom is -0.378 e. The van der Waals surface area contributed by atoms with Gasteiger partial charge in [0.2, 0.25) is 0 Å². The summed E-state index contributed by atoms with van der Waals surface area (Å²) < 4.78 is 127. The van der Waals surface area contributed by atoms with E-state index in [-0.39, 0.29) is 455 Å². The Balaban J connectivity index is -0.000000535. The standard InChI is InChI=1S/C60H114O21P4.12Y/c1-15-29-57(30-16-2,31-17-3)48-69-41-53(27-13)78-85(67,68)77-52-73-45-54(42-70-49-58(32-18-4,33-19-5)34-20-6)79-83(63,64)75-47-56(44-72-51-60(38-24-10,39-25-11)40-26-12)81-84(65,66)76-46-55(80-82(61,62)74-28-14)43-71-50-59(35-21-7,36-22-8)37-23-9;;;;;;;;;;;;/h53-56H,1-12,15-52H2,13-14H3,(H,61,62)(H,63,64)(H,65,66)(H,67,68);;;;;;;;;;;;/q-12;;;;;;;;;;;;. The van der Waals surface area contributed by atoms with Gasteiger partial charge in [-0.25, -0.2) is 18.3 Å². The molecule has 0 saturated carbocycles. The van der Waals surface area contributed by atoms with Crippen molar-refractivity contribution < 1.29 is 490 Å². The topological polar surface area (TPSA) is 269 Å². The van der Waals surface area contributed by atoms with Gasteiger partial charge in [0.1, 0.15) is 18.3 Å². The van der Waals surface area contributed by atoms with Crippen LogP contribution in [-0.2, 0) is 471 Å². The Morgan fingerprint density at radius 3 is 0.680 bits per heavy atom. The molecule has 97 heavy (non-hydrogen) atoms. The number of hydrogen-bond acceptors (Lipinski definition) is 17. The van der Waals surface area contributed by atoms with E-state index in [9.17, 15) is 37.8 Å². The van der Waals surface area contributed by atoms with Crippen molar-refractivity contribution in [2.24, 2.45) is 21.7 Å². The fourth-order valence-corrected chi connectivity index (χ4v) is 14.3. The van der Waals surface area contributed by atoms with Crippen LogP contribution in [0.1, 0.15) is 174 Å². The van der Waals surface area contributed by atoms with Gasteiger partial charge >= 0.3 is 31.3 Å². The molecular weight excluding hydrogens is 2250 g/mol.